The van der Waals surface area contributed by atoms with E-state index in [1.807, 2.05) is 0 Å². The second kappa shape index (κ2) is 8.62. The van der Waals surface area contributed by atoms with Gasteiger partial charge < -0.3 is 15.4 Å². The number of H-pyrrole nitrogens is 2. The van der Waals surface area contributed by atoms with Crippen molar-refractivity contribution in [2.45, 2.75) is 45.3 Å². The SMILES string of the molecule is CC(C)(C)OC(=O)N1CCCC1C(=O)NCC(=O)Nc1cccc2c(=O)[nH][nH]c(=O)c12. The molecule has 3 rings (SSSR count). The number of nitrogens with one attached hydrogen (secondary N) is 4. The summed E-state index contributed by atoms with van der Waals surface area (Å²) in [5, 5.41) is 9.64. The molecule has 1 aromatic heterocycles. The van der Waals surface area contributed by atoms with E-state index in [-0.39, 0.29) is 23.0 Å². The number of nitrogens with zero attached hydrogens (tertiary/aromatic N) is 1. The number of fused-ring (bicyclic) bond motifs is 1. The lowest BCUT2D eigenvalue weighted by Crippen LogP contribution is -2.48. The van der Waals surface area contributed by atoms with E-state index in [0.29, 0.717) is 19.4 Å². The number of benzene rings is 1. The number of likely N-dealkylation sites (tertiary alicyclic amines) is 1. The van der Waals surface area contributed by atoms with Crippen molar-refractivity contribution in [1.29, 1.82) is 0 Å². The van der Waals surface area contributed by atoms with Crippen LogP contribution >= 0.6 is 0 Å². The number of amides is 3. The molecule has 1 fully saturated rings. The van der Waals surface area contributed by atoms with E-state index >= 15 is 0 Å². The van der Waals surface area contributed by atoms with Crippen molar-refractivity contribution in [1.82, 2.24) is 20.4 Å². The standard InChI is InChI=1S/C20H25N5O6/c1-20(2,3)31-19(30)25-9-5-8-13(25)17(28)21-10-14(26)22-12-7-4-6-11-15(12)18(29)24-23-16(11)27/h4,6-7,13H,5,8-10H2,1-3H3,(H,21,28)(H,22,26)(H,23,27)(H,24,29). The van der Waals surface area contributed by atoms with E-state index < -0.39 is 40.7 Å². The van der Waals surface area contributed by atoms with Gasteiger partial charge in [0.25, 0.3) is 11.1 Å². The maximum Gasteiger partial charge on any atom is 0.410 e. The molecule has 1 unspecified atom stereocenters. The molecular formula is C20H25N5O6. The molecule has 2 aromatic rings. The Balaban J connectivity index is 1.64. The normalized spacial score (nSPS) is 16.2. The van der Waals surface area contributed by atoms with Gasteiger partial charge in [-0.25, -0.2) is 4.79 Å². The molecule has 0 saturated carbocycles. The first-order valence-corrected chi connectivity index (χ1v) is 9.87. The highest BCUT2D eigenvalue weighted by Gasteiger charge is 2.36. The Kier molecular flexibility index (Phi) is 6.14. The summed E-state index contributed by atoms with van der Waals surface area (Å²) in [5.41, 5.74) is -1.59. The van der Waals surface area contributed by atoms with Gasteiger partial charge in [0.15, 0.2) is 0 Å². The molecule has 0 aliphatic carbocycles. The Morgan fingerprint density at radius 2 is 1.87 bits per heavy atom. The van der Waals surface area contributed by atoms with Crippen LogP contribution in [0.4, 0.5) is 10.5 Å². The van der Waals surface area contributed by atoms with E-state index in [9.17, 15) is 24.0 Å². The van der Waals surface area contributed by atoms with Crippen LogP contribution in [0.1, 0.15) is 33.6 Å². The zero-order valence-corrected chi connectivity index (χ0v) is 17.5. The summed E-state index contributed by atoms with van der Waals surface area (Å²) >= 11 is 0. The molecule has 166 valence electrons. The van der Waals surface area contributed by atoms with Gasteiger partial charge in [-0.15, -0.1) is 0 Å². The van der Waals surface area contributed by atoms with E-state index in [2.05, 4.69) is 20.8 Å². The molecule has 2 heterocycles. The van der Waals surface area contributed by atoms with E-state index in [0.717, 1.165) is 0 Å². The quantitative estimate of drug-likeness (QED) is 0.558. The lowest BCUT2D eigenvalue weighted by Gasteiger charge is -2.28. The smallest absolute Gasteiger partial charge is 0.410 e. The molecule has 11 nitrogen and oxygen atoms in total. The molecule has 1 aliphatic rings. The van der Waals surface area contributed by atoms with Crippen molar-refractivity contribution in [3.05, 3.63) is 38.9 Å². The fraction of sp³-hybridized carbons (Fsp3) is 0.450. The molecule has 0 radical (unpaired) electrons. The van der Waals surface area contributed by atoms with E-state index in [1.165, 1.54) is 23.1 Å². The molecule has 1 aliphatic heterocycles. The maximum atomic E-state index is 12.6. The summed E-state index contributed by atoms with van der Waals surface area (Å²) < 4.78 is 5.34. The van der Waals surface area contributed by atoms with Gasteiger partial charge in [-0.1, -0.05) is 6.07 Å². The van der Waals surface area contributed by atoms with Crippen molar-refractivity contribution in [2.24, 2.45) is 0 Å². The molecule has 1 aromatic carbocycles. The Morgan fingerprint density at radius 3 is 2.58 bits per heavy atom. The number of carbonyl (C=O) groups excluding carboxylic acids is 3. The third kappa shape index (κ3) is 5.11. The summed E-state index contributed by atoms with van der Waals surface area (Å²) in [7, 11) is 0. The predicted octanol–water partition coefficient (Wildman–Crippen LogP) is 0.671. The number of hydrogen-bond donors (Lipinski definition) is 4. The van der Waals surface area contributed by atoms with Crippen LogP contribution in [-0.4, -0.2) is 57.7 Å². The maximum absolute atomic E-state index is 12.6. The van der Waals surface area contributed by atoms with Gasteiger partial charge >= 0.3 is 6.09 Å². The minimum Gasteiger partial charge on any atom is -0.444 e. The monoisotopic (exact) mass is 431 g/mol. The summed E-state index contributed by atoms with van der Waals surface area (Å²) in [4.78, 5) is 62.5. The van der Waals surface area contributed by atoms with Crippen molar-refractivity contribution in [2.75, 3.05) is 18.4 Å². The molecule has 0 bridgehead atoms. The van der Waals surface area contributed by atoms with Crippen LogP contribution < -0.4 is 21.8 Å². The molecule has 0 spiro atoms. The first kappa shape index (κ1) is 22.1. The van der Waals surface area contributed by atoms with Crippen LogP contribution in [0, 0.1) is 0 Å². The van der Waals surface area contributed by atoms with Crippen molar-refractivity contribution >= 4 is 34.4 Å². The second-order valence-corrected chi connectivity index (χ2v) is 8.23. The van der Waals surface area contributed by atoms with Gasteiger partial charge in [0, 0.05) is 6.54 Å². The van der Waals surface area contributed by atoms with Crippen molar-refractivity contribution < 1.29 is 19.1 Å². The fourth-order valence-corrected chi connectivity index (χ4v) is 3.39. The van der Waals surface area contributed by atoms with E-state index in [4.69, 9.17) is 4.74 Å². The van der Waals surface area contributed by atoms with E-state index in [1.54, 1.807) is 20.8 Å². The van der Waals surface area contributed by atoms with Crippen LogP contribution in [0.2, 0.25) is 0 Å². The van der Waals surface area contributed by atoms with Crippen LogP contribution in [-0.2, 0) is 14.3 Å². The van der Waals surface area contributed by atoms with Crippen LogP contribution in [0.15, 0.2) is 27.8 Å². The van der Waals surface area contributed by atoms with Gasteiger partial charge in [0.1, 0.15) is 11.6 Å². The molecule has 1 atom stereocenters. The molecular weight excluding hydrogens is 406 g/mol. The van der Waals surface area contributed by atoms with Crippen molar-refractivity contribution in [3.63, 3.8) is 0 Å². The number of hydrogen-bond acceptors (Lipinski definition) is 6. The average molecular weight is 431 g/mol. The largest absolute Gasteiger partial charge is 0.444 e. The molecule has 31 heavy (non-hydrogen) atoms. The van der Waals surface area contributed by atoms with Crippen LogP contribution in [0.25, 0.3) is 10.8 Å². The number of ether oxygens (including phenoxy) is 1. The Morgan fingerprint density at radius 1 is 1.16 bits per heavy atom. The predicted molar refractivity (Wildman–Crippen MR) is 113 cm³/mol. The summed E-state index contributed by atoms with van der Waals surface area (Å²) in [6, 6.07) is 3.76. The molecule has 3 amide bonds. The van der Waals surface area contributed by atoms with Crippen LogP contribution in [0.5, 0.6) is 0 Å². The van der Waals surface area contributed by atoms with Crippen molar-refractivity contribution in [3.8, 4) is 0 Å². The topological polar surface area (TPSA) is 153 Å². The van der Waals surface area contributed by atoms with Gasteiger partial charge in [0.05, 0.1) is 23.0 Å². The number of anilines is 1. The average Bonchev–Trinajstić information content (AvgIpc) is 3.18. The zero-order chi connectivity index (χ0) is 22.8. The lowest BCUT2D eigenvalue weighted by atomic mass is 10.1. The molecule has 11 heteroatoms. The summed E-state index contributed by atoms with van der Waals surface area (Å²) in [6.45, 7) is 5.26. The number of carbonyl (C=O) groups is 3. The highest BCUT2D eigenvalue weighted by Crippen LogP contribution is 2.21. The first-order valence-electron chi connectivity index (χ1n) is 9.87. The molecule has 4 N–H and O–H groups in total. The number of aromatic amines is 2. The zero-order valence-electron chi connectivity index (χ0n) is 17.5. The lowest BCUT2D eigenvalue weighted by molar-refractivity contribution is -0.127. The number of aromatic nitrogens is 2. The Labute approximate surface area is 177 Å². The molecule has 1 saturated heterocycles. The third-order valence-electron chi connectivity index (χ3n) is 4.71. The van der Waals surface area contributed by atoms with Gasteiger partial charge in [-0.05, 0) is 45.7 Å². The Hall–Kier alpha value is -3.63. The van der Waals surface area contributed by atoms with Gasteiger partial charge in [-0.2, -0.15) is 0 Å². The van der Waals surface area contributed by atoms with Crippen LogP contribution in [0.3, 0.4) is 0 Å². The van der Waals surface area contributed by atoms with Gasteiger partial charge in [0.2, 0.25) is 11.8 Å². The highest BCUT2D eigenvalue weighted by atomic mass is 16.6. The summed E-state index contributed by atoms with van der Waals surface area (Å²) in [6.07, 6.45) is 0.542. The number of rotatable bonds is 4. The third-order valence-corrected chi connectivity index (χ3v) is 4.71. The minimum absolute atomic E-state index is 0.0396. The van der Waals surface area contributed by atoms with Gasteiger partial charge in [-0.3, -0.25) is 34.3 Å². The first-order chi connectivity index (χ1) is 14.6. The highest BCUT2D eigenvalue weighted by molar-refractivity contribution is 6.03. The Bertz CT molecular complexity index is 1130. The second-order valence-electron chi connectivity index (χ2n) is 8.23. The summed E-state index contributed by atoms with van der Waals surface area (Å²) in [5.74, 6) is -1.05. The fourth-order valence-electron chi connectivity index (χ4n) is 3.39. The minimum atomic E-state index is -0.721.